The third-order valence-corrected chi connectivity index (χ3v) is 5.72. The zero-order valence-electron chi connectivity index (χ0n) is 17.9. The van der Waals surface area contributed by atoms with Crippen LogP contribution in [0.25, 0.3) is 0 Å². The molecule has 0 unspecified atom stereocenters. The predicted octanol–water partition coefficient (Wildman–Crippen LogP) is 3.67. The lowest BCUT2D eigenvalue weighted by atomic mass is 9.89. The van der Waals surface area contributed by atoms with Gasteiger partial charge in [0, 0.05) is 37.3 Å². The van der Waals surface area contributed by atoms with E-state index < -0.39 is 0 Å². The van der Waals surface area contributed by atoms with E-state index in [1.54, 1.807) is 7.11 Å². The lowest BCUT2D eigenvalue weighted by Crippen LogP contribution is -2.30. The summed E-state index contributed by atoms with van der Waals surface area (Å²) in [5.74, 6) is 1.79. The number of aliphatic imine (C=N–C) groups is 1. The van der Waals surface area contributed by atoms with E-state index in [0.717, 1.165) is 49.6 Å². The van der Waals surface area contributed by atoms with Crippen molar-refractivity contribution in [1.29, 1.82) is 0 Å². The first-order chi connectivity index (χ1) is 14.5. The Morgan fingerprint density at radius 1 is 1.17 bits per heavy atom. The molecular weight excluding hydrogens is 378 g/mol. The van der Waals surface area contributed by atoms with Crippen molar-refractivity contribution < 1.29 is 14.3 Å². The van der Waals surface area contributed by atoms with Crippen molar-refractivity contribution in [3.8, 4) is 5.75 Å². The first-order valence-electron chi connectivity index (χ1n) is 10.4. The highest BCUT2D eigenvalue weighted by Crippen LogP contribution is 2.42. The largest absolute Gasteiger partial charge is 0.496 e. The minimum atomic E-state index is -0.135. The number of amidine groups is 1. The summed E-state index contributed by atoms with van der Waals surface area (Å²) in [5, 5.41) is 3.00. The number of carbonyl (C=O) groups is 1. The monoisotopic (exact) mass is 407 g/mol. The second kappa shape index (κ2) is 8.98. The van der Waals surface area contributed by atoms with Gasteiger partial charge in [0.1, 0.15) is 11.6 Å². The van der Waals surface area contributed by atoms with Crippen molar-refractivity contribution in [2.24, 2.45) is 4.99 Å². The Morgan fingerprint density at radius 3 is 2.57 bits per heavy atom. The molecule has 6 heteroatoms. The van der Waals surface area contributed by atoms with Crippen LogP contribution in [0.1, 0.15) is 45.8 Å². The first kappa shape index (κ1) is 20.6. The third-order valence-electron chi connectivity index (χ3n) is 5.72. The minimum absolute atomic E-state index is 0.135. The molecular formula is C24H29N3O3. The Morgan fingerprint density at radius 2 is 1.90 bits per heavy atom. The van der Waals surface area contributed by atoms with Crippen LogP contribution < -0.4 is 10.1 Å². The summed E-state index contributed by atoms with van der Waals surface area (Å²) in [4.78, 5) is 19.7. The van der Waals surface area contributed by atoms with Gasteiger partial charge in [-0.1, -0.05) is 18.2 Å². The number of rotatable bonds is 5. The van der Waals surface area contributed by atoms with Crippen molar-refractivity contribution in [2.45, 2.75) is 31.7 Å². The molecule has 2 aromatic carbocycles. The average Bonchev–Trinajstić information content (AvgIpc) is 3.17. The molecule has 2 aromatic rings. The number of nitrogens with zero attached hydrogens (tertiary/aromatic N) is 2. The lowest BCUT2D eigenvalue weighted by molar-refractivity contribution is 0.0854. The van der Waals surface area contributed by atoms with Gasteiger partial charge < -0.3 is 19.7 Å². The molecule has 4 rings (SSSR count). The van der Waals surface area contributed by atoms with Gasteiger partial charge in [0.25, 0.3) is 5.91 Å². The summed E-state index contributed by atoms with van der Waals surface area (Å²) >= 11 is 0. The molecule has 1 fully saturated rings. The summed E-state index contributed by atoms with van der Waals surface area (Å²) in [6, 6.07) is 11.9. The maximum Gasteiger partial charge on any atom is 0.256 e. The average molecular weight is 408 g/mol. The van der Waals surface area contributed by atoms with Gasteiger partial charge >= 0.3 is 0 Å². The second-order valence-corrected chi connectivity index (χ2v) is 8.19. The van der Waals surface area contributed by atoms with Crippen LogP contribution in [0.2, 0.25) is 0 Å². The minimum Gasteiger partial charge on any atom is -0.496 e. The maximum atomic E-state index is 12.8. The van der Waals surface area contributed by atoms with Gasteiger partial charge in [-0.15, -0.1) is 0 Å². The SMILES string of the molecule is COc1ccc(C2CCOCC2)c2c1CC(NC(=O)c1ccc(CN(C)C)cc1)=N2. The third kappa shape index (κ3) is 4.40. The number of amides is 1. The lowest BCUT2D eigenvalue weighted by Gasteiger charge is -2.24. The van der Waals surface area contributed by atoms with Crippen molar-refractivity contribution in [3.05, 3.63) is 58.7 Å². The van der Waals surface area contributed by atoms with Gasteiger partial charge in [0.05, 0.1) is 12.8 Å². The van der Waals surface area contributed by atoms with Crippen LogP contribution in [0, 0.1) is 0 Å². The molecule has 30 heavy (non-hydrogen) atoms. The molecule has 2 aliphatic heterocycles. The fourth-order valence-corrected chi connectivity index (χ4v) is 4.21. The molecule has 1 saturated heterocycles. The normalized spacial score (nSPS) is 16.3. The Bertz CT molecular complexity index is 945. The maximum absolute atomic E-state index is 12.8. The van der Waals surface area contributed by atoms with Gasteiger partial charge in [-0.3, -0.25) is 4.79 Å². The Hall–Kier alpha value is -2.70. The number of nitrogens with one attached hydrogen (secondary N) is 1. The van der Waals surface area contributed by atoms with Crippen LogP contribution in [0.4, 0.5) is 5.69 Å². The van der Waals surface area contributed by atoms with Gasteiger partial charge in [-0.05, 0) is 62.2 Å². The number of hydrogen-bond donors (Lipinski definition) is 1. The topological polar surface area (TPSA) is 63.2 Å². The molecule has 158 valence electrons. The van der Waals surface area contributed by atoms with Crippen molar-refractivity contribution in [3.63, 3.8) is 0 Å². The van der Waals surface area contributed by atoms with Crippen LogP contribution in [0.5, 0.6) is 5.75 Å². The summed E-state index contributed by atoms with van der Waals surface area (Å²) < 4.78 is 11.1. The van der Waals surface area contributed by atoms with E-state index in [0.29, 0.717) is 23.7 Å². The molecule has 0 spiro atoms. The highest BCUT2D eigenvalue weighted by molar-refractivity contribution is 6.09. The van der Waals surface area contributed by atoms with Gasteiger partial charge in [-0.25, -0.2) is 4.99 Å². The molecule has 6 nitrogen and oxygen atoms in total. The molecule has 2 heterocycles. The van der Waals surface area contributed by atoms with E-state index >= 15 is 0 Å². The van der Waals surface area contributed by atoms with Crippen LogP contribution in [0.15, 0.2) is 41.4 Å². The number of carbonyl (C=O) groups excluding carboxylic acids is 1. The van der Waals surface area contributed by atoms with Crippen molar-refractivity contribution >= 4 is 17.4 Å². The highest BCUT2D eigenvalue weighted by Gasteiger charge is 2.27. The van der Waals surface area contributed by atoms with Gasteiger partial charge in [-0.2, -0.15) is 0 Å². The second-order valence-electron chi connectivity index (χ2n) is 8.19. The summed E-state index contributed by atoms with van der Waals surface area (Å²) in [6.45, 7) is 2.41. The summed E-state index contributed by atoms with van der Waals surface area (Å²) in [7, 11) is 5.73. The zero-order chi connectivity index (χ0) is 21.1. The fraction of sp³-hybridized carbons (Fsp3) is 0.417. The molecule has 0 saturated carbocycles. The van der Waals surface area contributed by atoms with E-state index in [9.17, 15) is 4.79 Å². The Labute approximate surface area is 177 Å². The van der Waals surface area contributed by atoms with Crippen LogP contribution in [-0.2, 0) is 17.7 Å². The quantitative estimate of drug-likeness (QED) is 0.822. The molecule has 0 aliphatic carbocycles. The molecule has 2 aliphatic rings. The molecule has 0 radical (unpaired) electrons. The van der Waals surface area contributed by atoms with E-state index in [-0.39, 0.29) is 5.91 Å². The van der Waals surface area contributed by atoms with Crippen molar-refractivity contribution in [2.75, 3.05) is 34.4 Å². The molecule has 0 bridgehead atoms. The highest BCUT2D eigenvalue weighted by atomic mass is 16.5. The zero-order valence-corrected chi connectivity index (χ0v) is 17.9. The smallest absolute Gasteiger partial charge is 0.256 e. The molecule has 0 atom stereocenters. The number of hydrogen-bond acceptors (Lipinski definition) is 5. The standard InChI is InChI=1S/C24H29N3O3/c1-27(2)15-16-4-6-18(7-5-16)24(28)26-22-14-20-21(29-3)9-8-19(23(20)25-22)17-10-12-30-13-11-17/h4-9,17H,10-15H2,1-3H3,(H,25,26,28). The molecule has 1 amide bonds. The fourth-order valence-electron chi connectivity index (χ4n) is 4.21. The molecule has 1 N–H and O–H groups in total. The first-order valence-corrected chi connectivity index (χ1v) is 10.4. The summed E-state index contributed by atoms with van der Waals surface area (Å²) in [6.07, 6.45) is 2.56. The Kier molecular flexibility index (Phi) is 6.16. The van der Waals surface area contributed by atoms with E-state index in [4.69, 9.17) is 14.5 Å². The van der Waals surface area contributed by atoms with Gasteiger partial charge in [0.2, 0.25) is 0 Å². The predicted molar refractivity (Wildman–Crippen MR) is 118 cm³/mol. The van der Waals surface area contributed by atoms with E-state index in [2.05, 4.69) is 16.3 Å². The van der Waals surface area contributed by atoms with E-state index in [1.807, 2.05) is 44.4 Å². The number of methoxy groups -OCH3 is 1. The Balaban J connectivity index is 1.52. The molecule has 0 aromatic heterocycles. The van der Waals surface area contributed by atoms with Crippen LogP contribution in [0.3, 0.4) is 0 Å². The van der Waals surface area contributed by atoms with Crippen molar-refractivity contribution in [1.82, 2.24) is 10.2 Å². The van der Waals surface area contributed by atoms with E-state index in [1.165, 1.54) is 11.1 Å². The number of fused-ring (bicyclic) bond motifs is 1. The van der Waals surface area contributed by atoms with Crippen LogP contribution in [-0.4, -0.2) is 51.1 Å². The summed E-state index contributed by atoms with van der Waals surface area (Å²) in [5.41, 5.74) is 5.04. The van der Waals surface area contributed by atoms with Gasteiger partial charge in [0.15, 0.2) is 0 Å². The number of benzene rings is 2. The van der Waals surface area contributed by atoms with Crippen LogP contribution >= 0.6 is 0 Å². The number of ether oxygens (including phenoxy) is 2.